The summed E-state index contributed by atoms with van der Waals surface area (Å²) in [5.41, 5.74) is 6.95. The van der Waals surface area contributed by atoms with E-state index in [1.165, 1.54) is 11.8 Å². The van der Waals surface area contributed by atoms with Gasteiger partial charge in [-0.25, -0.2) is 4.63 Å². The van der Waals surface area contributed by atoms with Crippen LogP contribution in [0, 0.1) is 0 Å². The first-order valence-corrected chi connectivity index (χ1v) is 8.43. The van der Waals surface area contributed by atoms with E-state index >= 15 is 0 Å². The minimum atomic E-state index is 0.179. The third-order valence-corrected chi connectivity index (χ3v) is 4.87. The molecule has 0 fully saturated rings. The van der Waals surface area contributed by atoms with Crippen LogP contribution in [0.4, 0.5) is 5.82 Å². The van der Waals surface area contributed by atoms with Crippen LogP contribution in [0.3, 0.4) is 0 Å². The van der Waals surface area contributed by atoms with Crippen molar-refractivity contribution in [3.8, 4) is 11.5 Å². The van der Waals surface area contributed by atoms with E-state index < -0.39 is 0 Å². The Bertz CT molecular complexity index is 813. The topological polar surface area (TPSA) is 95.6 Å². The number of benzene rings is 1. The number of anilines is 1. The second-order valence-corrected chi connectivity index (χ2v) is 6.29. The highest BCUT2D eigenvalue weighted by Gasteiger charge is 2.20. The second kappa shape index (κ2) is 6.77. The van der Waals surface area contributed by atoms with Crippen LogP contribution in [0.15, 0.2) is 28.0 Å². The lowest BCUT2D eigenvalue weighted by atomic mass is 10.2. The van der Waals surface area contributed by atoms with Crippen molar-refractivity contribution in [2.75, 3.05) is 5.73 Å². The van der Waals surface area contributed by atoms with E-state index in [9.17, 15) is 0 Å². The zero-order valence-electron chi connectivity index (χ0n) is 12.0. The lowest BCUT2D eigenvalue weighted by Crippen LogP contribution is -2.01. The largest absolute Gasteiger partial charge is 0.379 e. The number of nitrogens with two attached hydrogens (primary N) is 1. The van der Waals surface area contributed by atoms with Gasteiger partial charge in [-0.05, 0) is 34.9 Å². The van der Waals surface area contributed by atoms with E-state index in [2.05, 4.69) is 25.1 Å². The number of nitrogens with zero attached hydrogens (tertiary/aromatic N) is 5. The van der Waals surface area contributed by atoms with Gasteiger partial charge in [0.2, 0.25) is 0 Å². The van der Waals surface area contributed by atoms with Crippen LogP contribution in [0.1, 0.15) is 12.5 Å². The Labute approximate surface area is 146 Å². The molecular weight excluding hydrogens is 359 g/mol. The fourth-order valence-corrected chi connectivity index (χ4v) is 3.76. The van der Waals surface area contributed by atoms with Crippen molar-refractivity contribution in [3.05, 3.63) is 33.8 Å². The molecule has 0 amide bonds. The summed E-state index contributed by atoms with van der Waals surface area (Å²) in [5, 5.41) is 17.6. The van der Waals surface area contributed by atoms with Gasteiger partial charge in [-0.1, -0.05) is 41.0 Å². The zero-order chi connectivity index (χ0) is 16.4. The maximum atomic E-state index is 6.19. The normalized spacial score (nSPS) is 11.1. The maximum absolute atomic E-state index is 6.19. The summed E-state index contributed by atoms with van der Waals surface area (Å²) >= 11 is 13.9. The molecule has 0 radical (unpaired) electrons. The standard InChI is InChI=1S/C13H12Cl2N6OS/c1-2-21-12(10-11(16)20-22-19-10)17-18-13(21)23-6-7-8(14)4-3-5-9(7)15/h3-5H,2,6H2,1H3,(H2,16,20). The van der Waals surface area contributed by atoms with Gasteiger partial charge in [0.25, 0.3) is 0 Å². The highest BCUT2D eigenvalue weighted by molar-refractivity contribution is 7.98. The van der Waals surface area contributed by atoms with E-state index in [-0.39, 0.29) is 5.82 Å². The van der Waals surface area contributed by atoms with E-state index in [4.69, 9.17) is 28.9 Å². The Balaban J connectivity index is 1.87. The molecule has 0 spiro atoms. The minimum Gasteiger partial charge on any atom is -0.379 e. The van der Waals surface area contributed by atoms with Gasteiger partial charge in [0.1, 0.15) is 0 Å². The van der Waals surface area contributed by atoms with E-state index in [0.29, 0.717) is 39.0 Å². The van der Waals surface area contributed by atoms with Gasteiger partial charge >= 0.3 is 0 Å². The second-order valence-electron chi connectivity index (χ2n) is 4.54. The number of rotatable bonds is 5. The van der Waals surface area contributed by atoms with Crippen molar-refractivity contribution in [2.24, 2.45) is 0 Å². The molecule has 0 aliphatic heterocycles. The molecule has 120 valence electrons. The average Bonchev–Trinajstić information content (AvgIpc) is 3.12. The van der Waals surface area contributed by atoms with Crippen LogP contribution in [0.2, 0.25) is 10.0 Å². The van der Waals surface area contributed by atoms with E-state index in [1.807, 2.05) is 17.6 Å². The fourth-order valence-electron chi connectivity index (χ4n) is 2.01. The quantitative estimate of drug-likeness (QED) is 0.686. The molecule has 0 saturated carbocycles. The summed E-state index contributed by atoms with van der Waals surface area (Å²) in [7, 11) is 0. The van der Waals surface area contributed by atoms with Crippen LogP contribution < -0.4 is 5.73 Å². The van der Waals surface area contributed by atoms with Crippen LogP contribution >= 0.6 is 35.0 Å². The molecule has 2 aromatic heterocycles. The summed E-state index contributed by atoms with van der Waals surface area (Å²) in [6.07, 6.45) is 0. The van der Waals surface area contributed by atoms with Gasteiger partial charge in [0, 0.05) is 22.3 Å². The highest BCUT2D eigenvalue weighted by atomic mass is 35.5. The van der Waals surface area contributed by atoms with Crippen LogP contribution in [-0.2, 0) is 12.3 Å². The number of aromatic nitrogens is 5. The molecule has 0 atom stereocenters. The third-order valence-electron chi connectivity index (χ3n) is 3.17. The van der Waals surface area contributed by atoms with E-state index in [0.717, 1.165) is 5.56 Å². The van der Waals surface area contributed by atoms with Crippen LogP contribution in [0.5, 0.6) is 0 Å². The smallest absolute Gasteiger partial charge is 0.199 e. The summed E-state index contributed by atoms with van der Waals surface area (Å²) in [6.45, 7) is 2.62. The van der Waals surface area contributed by atoms with E-state index in [1.54, 1.807) is 12.1 Å². The lowest BCUT2D eigenvalue weighted by Gasteiger charge is -2.08. The monoisotopic (exact) mass is 370 g/mol. The van der Waals surface area contributed by atoms with Gasteiger partial charge in [0.15, 0.2) is 22.5 Å². The first-order chi connectivity index (χ1) is 11.1. The van der Waals surface area contributed by atoms with Crippen molar-refractivity contribution in [1.29, 1.82) is 0 Å². The number of halogens is 2. The fraction of sp³-hybridized carbons (Fsp3) is 0.231. The minimum absolute atomic E-state index is 0.179. The molecule has 2 N–H and O–H groups in total. The first-order valence-electron chi connectivity index (χ1n) is 6.69. The predicted molar refractivity (Wildman–Crippen MR) is 89.4 cm³/mol. The molecule has 0 aliphatic carbocycles. The maximum Gasteiger partial charge on any atom is 0.199 e. The van der Waals surface area contributed by atoms with Gasteiger partial charge in [0.05, 0.1) is 0 Å². The van der Waals surface area contributed by atoms with Gasteiger partial charge in [-0.15, -0.1) is 10.2 Å². The number of nitrogen functional groups attached to an aromatic ring is 1. The molecule has 1 aromatic carbocycles. The SMILES string of the molecule is CCn1c(SCc2c(Cl)cccc2Cl)nnc1-c1nonc1N. The molecule has 0 saturated heterocycles. The van der Waals surface area contributed by atoms with Gasteiger partial charge < -0.3 is 10.3 Å². The summed E-state index contributed by atoms with van der Waals surface area (Å²) in [5.74, 6) is 1.26. The molecule has 10 heteroatoms. The molecule has 3 rings (SSSR count). The Hall–Kier alpha value is -1.77. The lowest BCUT2D eigenvalue weighted by molar-refractivity contribution is 0.310. The predicted octanol–water partition coefficient (Wildman–Crippen LogP) is 3.53. The molecule has 2 heterocycles. The Morgan fingerprint density at radius 3 is 2.57 bits per heavy atom. The van der Waals surface area contributed by atoms with Crippen LogP contribution in [0.25, 0.3) is 11.5 Å². The first kappa shape index (κ1) is 16.1. The summed E-state index contributed by atoms with van der Waals surface area (Å²) in [4.78, 5) is 0. The molecule has 7 nitrogen and oxygen atoms in total. The Kier molecular flexibility index (Phi) is 4.74. The van der Waals surface area contributed by atoms with Crippen molar-refractivity contribution in [3.63, 3.8) is 0 Å². The number of hydrogen-bond donors (Lipinski definition) is 1. The Morgan fingerprint density at radius 1 is 1.22 bits per heavy atom. The third kappa shape index (κ3) is 3.15. The number of hydrogen-bond acceptors (Lipinski definition) is 7. The van der Waals surface area contributed by atoms with Gasteiger partial charge in [-0.3, -0.25) is 0 Å². The summed E-state index contributed by atoms with van der Waals surface area (Å²) < 4.78 is 6.50. The zero-order valence-corrected chi connectivity index (χ0v) is 14.4. The van der Waals surface area contributed by atoms with Gasteiger partial charge in [-0.2, -0.15) is 0 Å². The summed E-state index contributed by atoms with van der Waals surface area (Å²) in [6, 6.07) is 5.42. The molecule has 3 aromatic rings. The van der Waals surface area contributed by atoms with Crippen molar-refractivity contribution >= 4 is 40.8 Å². The molecule has 0 aliphatic rings. The van der Waals surface area contributed by atoms with Crippen molar-refractivity contribution < 1.29 is 4.63 Å². The van der Waals surface area contributed by atoms with Crippen LogP contribution in [-0.4, -0.2) is 25.1 Å². The molecule has 23 heavy (non-hydrogen) atoms. The average molecular weight is 371 g/mol. The van der Waals surface area contributed by atoms with Crippen molar-refractivity contribution in [2.45, 2.75) is 24.4 Å². The molecule has 0 bridgehead atoms. The molecule has 0 unspecified atom stereocenters. The highest BCUT2D eigenvalue weighted by Crippen LogP contribution is 2.32. The number of thioether (sulfide) groups is 1. The molecular formula is C13H12Cl2N6OS. The Morgan fingerprint density at radius 2 is 1.96 bits per heavy atom. The van der Waals surface area contributed by atoms with Crippen molar-refractivity contribution in [1.82, 2.24) is 25.1 Å².